The first-order valence-corrected chi connectivity index (χ1v) is 11.2. The Morgan fingerprint density at radius 1 is 1.15 bits per heavy atom. The Morgan fingerprint density at radius 2 is 1.88 bits per heavy atom. The predicted octanol–water partition coefficient (Wildman–Crippen LogP) is 3.94. The molecule has 6 heteroatoms. The van der Waals surface area contributed by atoms with Gasteiger partial charge in [0.15, 0.2) is 9.84 Å². The zero-order valence-corrected chi connectivity index (χ0v) is 17.1. The summed E-state index contributed by atoms with van der Waals surface area (Å²) in [4.78, 5) is 12.1. The number of unbranched alkanes of at least 4 members (excludes halogenated alkanes) is 3. The minimum atomic E-state index is -2.98. The van der Waals surface area contributed by atoms with Gasteiger partial charge in [0, 0.05) is 24.6 Å². The van der Waals surface area contributed by atoms with Gasteiger partial charge >= 0.3 is 0 Å². The molecule has 1 aromatic rings. The minimum Gasteiger partial charge on any atom is -0.494 e. The second-order valence-corrected chi connectivity index (χ2v) is 9.68. The maximum Gasteiger partial charge on any atom is 0.152 e. The van der Waals surface area contributed by atoms with E-state index < -0.39 is 9.84 Å². The number of ether oxygens (including phenoxy) is 1. The van der Waals surface area contributed by atoms with E-state index in [4.69, 9.17) is 10.5 Å². The number of hydrogen-bond acceptors (Lipinski definition) is 5. The fourth-order valence-electron chi connectivity index (χ4n) is 2.50. The average Bonchev–Trinajstić information content (AvgIpc) is 2.57. The number of Topliss-reactive ketones (excluding diaryl/α,β-unsaturated/α-hetero) is 1. The van der Waals surface area contributed by atoms with Crippen molar-refractivity contribution in [2.75, 3.05) is 18.1 Å². The van der Waals surface area contributed by atoms with Gasteiger partial charge in [-0.05, 0) is 44.7 Å². The number of carbonyl (C=O) groups is 1. The smallest absolute Gasteiger partial charge is 0.152 e. The van der Waals surface area contributed by atoms with E-state index in [1.807, 2.05) is 12.1 Å². The van der Waals surface area contributed by atoms with E-state index in [9.17, 15) is 13.2 Å². The van der Waals surface area contributed by atoms with Gasteiger partial charge in [-0.15, -0.1) is 0 Å². The van der Waals surface area contributed by atoms with Crippen LogP contribution in [-0.2, 0) is 21.1 Å². The molecule has 0 bridgehead atoms. The lowest BCUT2D eigenvalue weighted by Crippen LogP contribution is -2.17. The minimum absolute atomic E-state index is 0.128. The summed E-state index contributed by atoms with van der Waals surface area (Å²) in [6.45, 7) is 6.17. The fraction of sp³-hybridized carbons (Fsp3) is 0.650. The summed E-state index contributed by atoms with van der Waals surface area (Å²) < 4.78 is 29.1. The molecule has 0 aromatic heterocycles. The SMILES string of the molecule is CCCCOc1ccc(CC(=O)CCCCCS(=O)(=O)C(C)C)c(N)c1. The lowest BCUT2D eigenvalue weighted by atomic mass is 10.0. The molecule has 0 aliphatic rings. The molecule has 148 valence electrons. The van der Waals surface area contributed by atoms with Gasteiger partial charge in [0.1, 0.15) is 11.5 Å². The molecule has 0 spiro atoms. The summed E-state index contributed by atoms with van der Waals surface area (Å²) in [5.74, 6) is 1.06. The zero-order valence-electron chi connectivity index (χ0n) is 16.3. The van der Waals surface area contributed by atoms with Gasteiger partial charge in [0.05, 0.1) is 17.6 Å². The number of ketones is 1. The third-order valence-corrected chi connectivity index (χ3v) is 6.67. The van der Waals surface area contributed by atoms with Crippen LogP contribution in [0.5, 0.6) is 5.75 Å². The second kappa shape index (κ2) is 11.2. The molecule has 0 amide bonds. The van der Waals surface area contributed by atoms with Crippen molar-refractivity contribution in [3.8, 4) is 5.75 Å². The van der Waals surface area contributed by atoms with E-state index in [0.717, 1.165) is 30.6 Å². The molecule has 5 nitrogen and oxygen atoms in total. The summed E-state index contributed by atoms with van der Waals surface area (Å²) in [6.07, 6.45) is 4.91. The highest BCUT2D eigenvalue weighted by Gasteiger charge is 2.15. The summed E-state index contributed by atoms with van der Waals surface area (Å²) in [5, 5.41) is -0.332. The van der Waals surface area contributed by atoms with Crippen molar-refractivity contribution >= 4 is 21.3 Å². The number of hydrogen-bond donors (Lipinski definition) is 1. The molecule has 0 unspecified atom stereocenters. The molecule has 0 atom stereocenters. The van der Waals surface area contributed by atoms with Gasteiger partial charge in [-0.25, -0.2) is 8.42 Å². The molecular formula is C20H33NO4S. The van der Waals surface area contributed by atoms with Gasteiger partial charge in [0.2, 0.25) is 0 Å². The number of nitrogens with two attached hydrogens (primary N) is 1. The average molecular weight is 384 g/mol. The first kappa shape index (κ1) is 22.5. The summed E-state index contributed by atoms with van der Waals surface area (Å²) in [7, 11) is -2.98. The molecule has 0 saturated heterocycles. The molecule has 1 aromatic carbocycles. The number of anilines is 1. The number of rotatable bonds is 13. The van der Waals surface area contributed by atoms with E-state index in [0.29, 0.717) is 38.0 Å². The third-order valence-electron chi connectivity index (χ3n) is 4.37. The topological polar surface area (TPSA) is 86.5 Å². The van der Waals surface area contributed by atoms with Crippen LogP contribution in [0.2, 0.25) is 0 Å². The lowest BCUT2D eigenvalue weighted by Gasteiger charge is -2.10. The number of carbonyl (C=O) groups excluding carboxylic acids is 1. The molecule has 2 N–H and O–H groups in total. The summed E-state index contributed by atoms with van der Waals surface area (Å²) in [5.41, 5.74) is 7.43. The Kier molecular flexibility index (Phi) is 9.70. The Morgan fingerprint density at radius 3 is 2.50 bits per heavy atom. The first-order valence-electron chi connectivity index (χ1n) is 9.50. The van der Waals surface area contributed by atoms with E-state index in [-0.39, 0.29) is 16.8 Å². The van der Waals surface area contributed by atoms with Crippen LogP contribution in [0.15, 0.2) is 18.2 Å². The molecule has 0 aliphatic heterocycles. The number of benzene rings is 1. The van der Waals surface area contributed by atoms with E-state index in [2.05, 4.69) is 6.92 Å². The molecular weight excluding hydrogens is 350 g/mol. The fourth-order valence-corrected chi connectivity index (χ4v) is 3.57. The van der Waals surface area contributed by atoms with Gasteiger partial charge < -0.3 is 10.5 Å². The third kappa shape index (κ3) is 8.21. The summed E-state index contributed by atoms with van der Waals surface area (Å²) in [6, 6.07) is 5.48. The van der Waals surface area contributed by atoms with Crippen molar-refractivity contribution in [1.29, 1.82) is 0 Å². The zero-order chi connectivity index (χ0) is 19.6. The van der Waals surface area contributed by atoms with Crippen molar-refractivity contribution in [2.45, 2.75) is 71.0 Å². The van der Waals surface area contributed by atoms with Crippen LogP contribution in [0.4, 0.5) is 5.69 Å². The van der Waals surface area contributed by atoms with Gasteiger partial charge in [-0.1, -0.05) is 25.8 Å². The first-order chi connectivity index (χ1) is 12.3. The molecule has 0 aliphatic carbocycles. The Hall–Kier alpha value is -1.56. The maximum absolute atomic E-state index is 12.1. The van der Waals surface area contributed by atoms with Crippen LogP contribution in [0.25, 0.3) is 0 Å². The van der Waals surface area contributed by atoms with Gasteiger partial charge in [-0.3, -0.25) is 4.79 Å². The highest BCUT2D eigenvalue weighted by atomic mass is 32.2. The van der Waals surface area contributed by atoms with Crippen molar-refractivity contribution in [1.82, 2.24) is 0 Å². The quantitative estimate of drug-likeness (QED) is 0.412. The Labute approximate surface area is 158 Å². The normalized spacial score (nSPS) is 11.7. The van der Waals surface area contributed by atoms with Crippen LogP contribution < -0.4 is 10.5 Å². The molecule has 0 fully saturated rings. The van der Waals surface area contributed by atoms with E-state index in [1.165, 1.54) is 0 Å². The standard InChI is InChI=1S/C20H33NO4S/c1-4-5-12-25-19-11-10-17(20(21)15-19)14-18(22)9-7-6-8-13-26(23,24)16(2)3/h10-11,15-16H,4-9,12-14,21H2,1-3H3. The largest absolute Gasteiger partial charge is 0.494 e. The van der Waals surface area contributed by atoms with Gasteiger partial charge in [-0.2, -0.15) is 0 Å². The van der Waals surface area contributed by atoms with Crippen molar-refractivity contribution in [3.63, 3.8) is 0 Å². The molecule has 26 heavy (non-hydrogen) atoms. The second-order valence-electron chi connectivity index (χ2n) is 7.00. The van der Waals surface area contributed by atoms with Crippen LogP contribution in [-0.4, -0.2) is 31.8 Å². The maximum atomic E-state index is 12.1. The Balaban J connectivity index is 2.34. The predicted molar refractivity (Wildman–Crippen MR) is 107 cm³/mol. The van der Waals surface area contributed by atoms with Crippen molar-refractivity contribution in [2.24, 2.45) is 0 Å². The van der Waals surface area contributed by atoms with E-state index in [1.54, 1.807) is 19.9 Å². The number of sulfone groups is 1. The molecule has 0 heterocycles. The monoisotopic (exact) mass is 383 g/mol. The number of nitrogen functional groups attached to an aromatic ring is 1. The molecule has 0 saturated carbocycles. The van der Waals surface area contributed by atoms with E-state index >= 15 is 0 Å². The van der Waals surface area contributed by atoms with Crippen molar-refractivity contribution < 1.29 is 17.9 Å². The summed E-state index contributed by atoms with van der Waals surface area (Å²) >= 11 is 0. The Bertz CT molecular complexity index is 668. The molecule has 1 rings (SSSR count). The van der Waals surface area contributed by atoms with Crippen LogP contribution in [0.1, 0.15) is 64.9 Å². The van der Waals surface area contributed by atoms with Crippen LogP contribution in [0.3, 0.4) is 0 Å². The molecule has 0 radical (unpaired) electrons. The lowest BCUT2D eigenvalue weighted by molar-refractivity contribution is -0.118. The van der Waals surface area contributed by atoms with Crippen LogP contribution >= 0.6 is 0 Å². The van der Waals surface area contributed by atoms with Crippen LogP contribution in [0, 0.1) is 0 Å². The van der Waals surface area contributed by atoms with Crippen molar-refractivity contribution in [3.05, 3.63) is 23.8 Å². The highest BCUT2D eigenvalue weighted by molar-refractivity contribution is 7.91. The van der Waals surface area contributed by atoms with Gasteiger partial charge in [0.25, 0.3) is 0 Å². The highest BCUT2D eigenvalue weighted by Crippen LogP contribution is 2.21.